The van der Waals surface area contributed by atoms with Crippen LogP contribution in [-0.4, -0.2) is 23.7 Å². The highest BCUT2D eigenvalue weighted by molar-refractivity contribution is 5.73. The van der Waals surface area contributed by atoms with Crippen molar-refractivity contribution in [2.24, 2.45) is 11.1 Å². The highest BCUT2D eigenvalue weighted by Gasteiger charge is 2.28. The summed E-state index contributed by atoms with van der Waals surface area (Å²) >= 11 is 0. The number of carbonyl (C=O) groups is 1. The Hall–Kier alpha value is -1.55. The second kappa shape index (κ2) is 5.87. The van der Waals surface area contributed by atoms with Crippen LogP contribution in [0.15, 0.2) is 24.3 Å². The van der Waals surface area contributed by atoms with E-state index in [1.807, 2.05) is 31.2 Å². The van der Waals surface area contributed by atoms with Crippen molar-refractivity contribution in [2.45, 2.75) is 33.2 Å². The van der Waals surface area contributed by atoms with E-state index in [2.05, 4.69) is 0 Å². The number of carboxylic acid groups (broad SMARTS) is 1. The summed E-state index contributed by atoms with van der Waals surface area (Å²) in [6.07, 6.45) is 0.712. The Labute approximate surface area is 108 Å². The van der Waals surface area contributed by atoms with Gasteiger partial charge in [0.05, 0.1) is 5.41 Å². The molecule has 0 fully saturated rings. The van der Waals surface area contributed by atoms with Gasteiger partial charge in [-0.05, 0) is 38.8 Å². The molecular weight excluding hydrogens is 230 g/mol. The number of aliphatic carboxylic acids is 1. The zero-order valence-corrected chi connectivity index (χ0v) is 11.1. The van der Waals surface area contributed by atoms with Gasteiger partial charge in [-0.15, -0.1) is 0 Å². The fourth-order valence-electron chi connectivity index (χ4n) is 1.48. The zero-order chi connectivity index (χ0) is 13.8. The summed E-state index contributed by atoms with van der Waals surface area (Å²) in [5.41, 5.74) is 5.88. The summed E-state index contributed by atoms with van der Waals surface area (Å²) in [6, 6.07) is 7.63. The topological polar surface area (TPSA) is 72.5 Å². The molecule has 0 amide bonds. The molecule has 4 nitrogen and oxygen atoms in total. The molecule has 0 bridgehead atoms. The normalized spacial score (nSPS) is 13.1. The van der Waals surface area contributed by atoms with Gasteiger partial charge in [0.15, 0.2) is 0 Å². The Bertz CT molecular complexity index is 413. The van der Waals surface area contributed by atoms with Crippen molar-refractivity contribution in [2.75, 3.05) is 6.61 Å². The number of ether oxygens (including phenoxy) is 1. The summed E-state index contributed by atoms with van der Waals surface area (Å²) < 4.78 is 5.63. The molecule has 0 aliphatic carbocycles. The van der Waals surface area contributed by atoms with Gasteiger partial charge >= 0.3 is 5.97 Å². The summed E-state index contributed by atoms with van der Waals surface area (Å²) in [4.78, 5) is 11.0. The summed E-state index contributed by atoms with van der Waals surface area (Å²) in [5, 5.41) is 9.03. The molecule has 4 heteroatoms. The van der Waals surface area contributed by atoms with Gasteiger partial charge in [-0.25, -0.2) is 0 Å². The molecule has 1 unspecified atom stereocenters. The molecule has 0 aliphatic rings. The molecule has 0 saturated heterocycles. The van der Waals surface area contributed by atoms with Crippen LogP contribution < -0.4 is 10.5 Å². The largest absolute Gasteiger partial charge is 0.492 e. The molecule has 100 valence electrons. The number of rotatable bonds is 6. The van der Waals surface area contributed by atoms with Gasteiger partial charge in [0.1, 0.15) is 12.4 Å². The van der Waals surface area contributed by atoms with E-state index in [-0.39, 0.29) is 12.6 Å². The van der Waals surface area contributed by atoms with Crippen LogP contribution in [0.2, 0.25) is 0 Å². The first-order chi connectivity index (χ1) is 8.33. The minimum Gasteiger partial charge on any atom is -0.492 e. The van der Waals surface area contributed by atoms with Crippen molar-refractivity contribution in [3.8, 4) is 5.75 Å². The third-order valence-corrected chi connectivity index (χ3v) is 2.68. The lowest BCUT2D eigenvalue weighted by atomic mass is 9.95. The maximum atomic E-state index is 11.0. The molecule has 1 rings (SSSR count). The predicted molar refractivity (Wildman–Crippen MR) is 70.7 cm³/mol. The molecule has 0 spiro atoms. The Morgan fingerprint density at radius 1 is 1.44 bits per heavy atom. The van der Waals surface area contributed by atoms with E-state index < -0.39 is 11.4 Å². The second-order valence-corrected chi connectivity index (χ2v) is 5.27. The van der Waals surface area contributed by atoms with Crippen molar-refractivity contribution >= 4 is 5.97 Å². The van der Waals surface area contributed by atoms with Crippen molar-refractivity contribution in [3.05, 3.63) is 29.8 Å². The molecule has 0 heterocycles. The quantitative estimate of drug-likeness (QED) is 0.811. The first kappa shape index (κ1) is 14.5. The number of carboxylic acids is 1. The Balaban J connectivity index is 2.76. The average molecular weight is 251 g/mol. The van der Waals surface area contributed by atoms with Gasteiger partial charge in [-0.1, -0.05) is 18.2 Å². The summed E-state index contributed by atoms with van der Waals surface area (Å²) in [6.45, 7) is 5.35. The van der Waals surface area contributed by atoms with E-state index >= 15 is 0 Å². The molecule has 18 heavy (non-hydrogen) atoms. The molecule has 0 aliphatic heterocycles. The SMILES string of the molecule is CC(N)Cc1ccccc1OCC(C)(C)C(=O)O. The van der Waals surface area contributed by atoms with Gasteiger partial charge in [-0.2, -0.15) is 0 Å². The first-order valence-corrected chi connectivity index (χ1v) is 6.02. The first-order valence-electron chi connectivity index (χ1n) is 6.02. The van der Waals surface area contributed by atoms with Crippen LogP contribution in [0.25, 0.3) is 0 Å². The molecule has 3 N–H and O–H groups in total. The molecule has 0 radical (unpaired) electrons. The van der Waals surface area contributed by atoms with Crippen LogP contribution in [0.3, 0.4) is 0 Å². The average Bonchev–Trinajstić information content (AvgIpc) is 2.27. The maximum Gasteiger partial charge on any atom is 0.312 e. The van der Waals surface area contributed by atoms with Crippen molar-refractivity contribution in [1.82, 2.24) is 0 Å². The Morgan fingerprint density at radius 3 is 2.61 bits per heavy atom. The van der Waals surface area contributed by atoms with Crippen LogP contribution in [0, 0.1) is 5.41 Å². The third-order valence-electron chi connectivity index (χ3n) is 2.68. The third kappa shape index (κ3) is 4.04. The molecule has 0 aromatic heterocycles. The Kier molecular flexibility index (Phi) is 4.73. The van der Waals surface area contributed by atoms with E-state index in [0.717, 1.165) is 5.56 Å². The number of nitrogens with two attached hydrogens (primary N) is 1. The van der Waals surface area contributed by atoms with Gasteiger partial charge in [-0.3, -0.25) is 4.79 Å². The van der Waals surface area contributed by atoms with Crippen molar-refractivity contribution in [3.63, 3.8) is 0 Å². The molecule has 1 aromatic rings. The summed E-state index contributed by atoms with van der Waals surface area (Å²) in [5.74, 6) is -0.156. The lowest BCUT2D eigenvalue weighted by molar-refractivity contribution is -0.148. The minimum absolute atomic E-state index is 0.0437. The predicted octanol–water partition coefficient (Wildman–Crippen LogP) is 2.07. The van der Waals surface area contributed by atoms with Crippen LogP contribution in [0.4, 0.5) is 0 Å². The molecule has 0 saturated carbocycles. The smallest absolute Gasteiger partial charge is 0.312 e. The molecule has 1 atom stereocenters. The van der Waals surface area contributed by atoms with E-state index in [4.69, 9.17) is 15.6 Å². The second-order valence-electron chi connectivity index (χ2n) is 5.27. The highest BCUT2D eigenvalue weighted by atomic mass is 16.5. The monoisotopic (exact) mass is 251 g/mol. The number of benzene rings is 1. The van der Waals surface area contributed by atoms with Gasteiger partial charge < -0.3 is 15.6 Å². The van der Waals surface area contributed by atoms with E-state index in [9.17, 15) is 4.79 Å². The highest BCUT2D eigenvalue weighted by Crippen LogP contribution is 2.23. The van der Waals surface area contributed by atoms with Crippen LogP contribution in [0.5, 0.6) is 5.75 Å². The van der Waals surface area contributed by atoms with Gasteiger partial charge in [0, 0.05) is 6.04 Å². The fourth-order valence-corrected chi connectivity index (χ4v) is 1.48. The van der Waals surface area contributed by atoms with Crippen LogP contribution in [0.1, 0.15) is 26.3 Å². The zero-order valence-electron chi connectivity index (χ0n) is 11.1. The van der Waals surface area contributed by atoms with Gasteiger partial charge in [0.2, 0.25) is 0 Å². The van der Waals surface area contributed by atoms with E-state index in [0.29, 0.717) is 12.2 Å². The number of para-hydroxylation sites is 1. The Morgan fingerprint density at radius 2 is 2.06 bits per heavy atom. The van der Waals surface area contributed by atoms with E-state index in [1.165, 1.54) is 0 Å². The standard InChI is InChI=1S/C14H21NO3/c1-10(15)8-11-6-4-5-7-12(11)18-9-14(2,3)13(16)17/h4-7,10H,8-9,15H2,1-3H3,(H,16,17). The number of hydrogen-bond acceptors (Lipinski definition) is 3. The van der Waals surface area contributed by atoms with Crippen molar-refractivity contribution in [1.29, 1.82) is 0 Å². The molecular formula is C14H21NO3. The minimum atomic E-state index is -0.901. The lowest BCUT2D eigenvalue weighted by Gasteiger charge is -2.21. The van der Waals surface area contributed by atoms with Crippen molar-refractivity contribution < 1.29 is 14.6 Å². The maximum absolute atomic E-state index is 11.0. The lowest BCUT2D eigenvalue weighted by Crippen LogP contribution is -2.31. The van der Waals surface area contributed by atoms with Gasteiger partial charge in [0.25, 0.3) is 0 Å². The van der Waals surface area contributed by atoms with Crippen LogP contribution in [-0.2, 0) is 11.2 Å². The van der Waals surface area contributed by atoms with E-state index in [1.54, 1.807) is 13.8 Å². The van der Waals surface area contributed by atoms with Crippen LogP contribution >= 0.6 is 0 Å². The fraction of sp³-hybridized carbons (Fsp3) is 0.500. The molecule has 1 aromatic carbocycles. The number of hydrogen-bond donors (Lipinski definition) is 2. The summed E-state index contributed by atoms with van der Waals surface area (Å²) in [7, 11) is 0.